The molecule has 9 nitrogen and oxygen atoms in total. The molecule has 192 valence electrons. The molecule has 1 N–H and O–H groups in total. The normalized spacial score (nSPS) is 16.2. The van der Waals surface area contributed by atoms with E-state index in [9.17, 15) is 9.59 Å². The number of imidazole rings is 1. The number of hydrogen-bond donors (Lipinski definition) is 1. The molecule has 1 amide bonds. The number of nitrogens with zero attached hydrogens (tertiary/aromatic N) is 3. The zero-order chi connectivity index (χ0) is 25.7. The lowest BCUT2D eigenvalue weighted by Gasteiger charge is -2.30. The molecule has 0 atom stereocenters. The number of carbonyl (C=O) groups excluding carboxylic acids is 1. The van der Waals surface area contributed by atoms with Gasteiger partial charge in [-0.1, -0.05) is 0 Å². The quantitative estimate of drug-likeness (QED) is 0.458. The van der Waals surface area contributed by atoms with Crippen molar-refractivity contribution in [3.8, 4) is 11.5 Å². The van der Waals surface area contributed by atoms with Crippen molar-refractivity contribution < 1.29 is 19.0 Å². The van der Waals surface area contributed by atoms with E-state index in [2.05, 4.69) is 9.97 Å². The number of methoxy groups -OCH3 is 2. The van der Waals surface area contributed by atoms with Crippen molar-refractivity contribution in [2.24, 2.45) is 0 Å². The number of benzene rings is 2. The van der Waals surface area contributed by atoms with E-state index in [1.165, 1.54) is 0 Å². The van der Waals surface area contributed by atoms with Crippen LogP contribution in [0.3, 0.4) is 0 Å². The van der Waals surface area contributed by atoms with Gasteiger partial charge < -0.3 is 24.1 Å². The van der Waals surface area contributed by atoms with Gasteiger partial charge in [-0.25, -0.2) is 4.98 Å². The van der Waals surface area contributed by atoms with Crippen molar-refractivity contribution in [1.29, 1.82) is 0 Å². The Balaban J connectivity index is 1.38. The van der Waals surface area contributed by atoms with Crippen LogP contribution in [0.15, 0.2) is 35.3 Å². The number of H-pyrrole nitrogens is 1. The minimum absolute atomic E-state index is 0.0592. The Kier molecular flexibility index (Phi) is 5.87. The van der Waals surface area contributed by atoms with Gasteiger partial charge in [-0.05, 0) is 67.1 Å². The topological polar surface area (TPSA) is 98.2 Å². The van der Waals surface area contributed by atoms with Crippen LogP contribution in [0.5, 0.6) is 11.5 Å². The Labute approximate surface area is 214 Å². The molecule has 6 rings (SSSR count). The fourth-order valence-corrected chi connectivity index (χ4v) is 5.64. The Bertz CT molecular complexity index is 1580. The molecule has 2 aromatic heterocycles. The molecule has 0 spiro atoms. The largest absolute Gasteiger partial charge is 0.493 e. The Morgan fingerprint density at radius 1 is 1.05 bits per heavy atom. The zero-order valence-electron chi connectivity index (χ0n) is 21.3. The van der Waals surface area contributed by atoms with Crippen molar-refractivity contribution in [3.05, 3.63) is 68.9 Å². The first kappa shape index (κ1) is 23.5. The van der Waals surface area contributed by atoms with Gasteiger partial charge in [0.1, 0.15) is 11.3 Å². The summed E-state index contributed by atoms with van der Waals surface area (Å²) in [6.07, 6.45) is 4.12. The second-order valence-corrected chi connectivity index (χ2v) is 9.81. The number of rotatable bonds is 4. The zero-order valence-corrected chi connectivity index (χ0v) is 21.3. The van der Waals surface area contributed by atoms with Crippen molar-refractivity contribution in [2.45, 2.75) is 38.6 Å². The summed E-state index contributed by atoms with van der Waals surface area (Å²) in [5, 5.41) is 0. The molecule has 4 heterocycles. The van der Waals surface area contributed by atoms with E-state index < -0.39 is 0 Å². The fraction of sp³-hybridized carbons (Fsp3) is 0.393. The smallest absolute Gasteiger partial charge is 0.274 e. The van der Waals surface area contributed by atoms with E-state index in [-0.39, 0.29) is 17.4 Å². The standard InChI is InChI=1S/C28H30N4O5/c1-16-10-22-21(30-27(33)23-14-29-26(32(22)23)17-5-8-37-9-6-17)13-20(16)28(34)31-7-4-18-11-24(35-2)25(36-3)12-19(18)15-31/h10-14,17H,4-9,15H2,1-3H3,(H,30,33). The maximum atomic E-state index is 13.7. The summed E-state index contributed by atoms with van der Waals surface area (Å²) >= 11 is 0. The monoisotopic (exact) mass is 502 g/mol. The molecule has 0 radical (unpaired) electrons. The second kappa shape index (κ2) is 9.23. The van der Waals surface area contributed by atoms with Crippen LogP contribution < -0.4 is 15.0 Å². The van der Waals surface area contributed by atoms with Crippen molar-refractivity contribution in [2.75, 3.05) is 34.0 Å². The van der Waals surface area contributed by atoms with Crippen LogP contribution in [0, 0.1) is 6.92 Å². The molecule has 0 unspecified atom stereocenters. The summed E-state index contributed by atoms with van der Waals surface area (Å²) in [5.74, 6) is 2.40. The summed E-state index contributed by atoms with van der Waals surface area (Å²) < 4.78 is 18.4. The van der Waals surface area contributed by atoms with E-state index in [4.69, 9.17) is 14.2 Å². The van der Waals surface area contributed by atoms with Crippen molar-refractivity contribution >= 4 is 22.5 Å². The van der Waals surface area contributed by atoms with Gasteiger partial charge in [-0.2, -0.15) is 0 Å². The Hall–Kier alpha value is -3.85. The van der Waals surface area contributed by atoms with Crippen LogP contribution in [0.1, 0.15) is 51.6 Å². The Morgan fingerprint density at radius 2 is 1.78 bits per heavy atom. The summed E-state index contributed by atoms with van der Waals surface area (Å²) in [6.45, 7) is 4.41. The molecule has 2 aliphatic heterocycles. The number of carbonyl (C=O) groups is 1. The highest BCUT2D eigenvalue weighted by Gasteiger charge is 2.26. The minimum Gasteiger partial charge on any atom is -0.493 e. The maximum Gasteiger partial charge on any atom is 0.274 e. The van der Waals surface area contributed by atoms with Gasteiger partial charge in [-0.3, -0.25) is 14.0 Å². The molecule has 0 saturated carbocycles. The van der Waals surface area contributed by atoms with Gasteiger partial charge in [0.15, 0.2) is 11.5 Å². The molecule has 0 aliphatic carbocycles. The highest BCUT2D eigenvalue weighted by molar-refractivity contribution is 5.99. The van der Waals surface area contributed by atoms with Gasteiger partial charge in [0, 0.05) is 37.8 Å². The molecule has 37 heavy (non-hydrogen) atoms. The highest BCUT2D eigenvalue weighted by atomic mass is 16.5. The first-order valence-corrected chi connectivity index (χ1v) is 12.6. The van der Waals surface area contributed by atoms with E-state index in [0.29, 0.717) is 54.4 Å². The van der Waals surface area contributed by atoms with Crippen LogP contribution >= 0.6 is 0 Å². The van der Waals surface area contributed by atoms with Crippen LogP contribution in [0.2, 0.25) is 0 Å². The van der Waals surface area contributed by atoms with E-state index in [1.54, 1.807) is 20.4 Å². The predicted octanol–water partition coefficient (Wildman–Crippen LogP) is 3.59. The molecule has 1 saturated heterocycles. The van der Waals surface area contributed by atoms with Gasteiger partial charge in [0.2, 0.25) is 0 Å². The number of nitrogens with one attached hydrogen (secondary N) is 1. The molecular formula is C28H30N4O5. The third-order valence-corrected chi connectivity index (χ3v) is 7.68. The summed E-state index contributed by atoms with van der Waals surface area (Å²) in [6, 6.07) is 7.74. The van der Waals surface area contributed by atoms with E-state index >= 15 is 0 Å². The molecule has 2 aliphatic rings. The number of amides is 1. The molecule has 2 aromatic carbocycles. The number of aromatic nitrogens is 3. The number of aryl methyl sites for hydroxylation is 1. The average Bonchev–Trinajstić information content (AvgIpc) is 3.38. The minimum atomic E-state index is -0.214. The van der Waals surface area contributed by atoms with Gasteiger partial charge >= 0.3 is 0 Å². The first-order chi connectivity index (χ1) is 18.0. The lowest BCUT2D eigenvalue weighted by Crippen LogP contribution is -2.36. The fourth-order valence-electron chi connectivity index (χ4n) is 5.64. The number of aromatic amines is 1. The molecular weight excluding hydrogens is 472 g/mol. The summed E-state index contributed by atoms with van der Waals surface area (Å²) in [4.78, 5) is 36.1. The van der Waals surface area contributed by atoms with Crippen LogP contribution in [0.25, 0.3) is 16.6 Å². The van der Waals surface area contributed by atoms with Gasteiger partial charge in [0.05, 0.1) is 31.4 Å². The molecule has 0 bridgehead atoms. The van der Waals surface area contributed by atoms with Crippen LogP contribution in [-0.4, -0.2) is 59.2 Å². The SMILES string of the molecule is COc1cc2c(cc1OC)CN(C(=O)c1cc3[nH]c(=O)c4cnc(C5CCOCC5)n4c3cc1C)CC2. The van der Waals surface area contributed by atoms with E-state index in [0.717, 1.165) is 47.3 Å². The van der Waals surface area contributed by atoms with Gasteiger partial charge in [0.25, 0.3) is 11.5 Å². The third kappa shape index (κ3) is 3.94. The Morgan fingerprint density at radius 3 is 2.51 bits per heavy atom. The van der Waals surface area contributed by atoms with Crippen LogP contribution in [0.4, 0.5) is 0 Å². The van der Waals surface area contributed by atoms with Crippen molar-refractivity contribution in [3.63, 3.8) is 0 Å². The highest BCUT2D eigenvalue weighted by Crippen LogP contribution is 2.34. The summed E-state index contributed by atoms with van der Waals surface area (Å²) in [5.41, 5.74) is 5.42. The molecule has 4 aromatic rings. The molecule has 9 heteroatoms. The van der Waals surface area contributed by atoms with Crippen molar-refractivity contribution in [1.82, 2.24) is 19.3 Å². The lowest BCUT2D eigenvalue weighted by molar-refractivity contribution is 0.0733. The lowest BCUT2D eigenvalue weighted by atomic mass is 9.97. The summed E-state index contributed by atoms with van der Waals surface area (Å²) in [7, 11) is 3.24. The second-order valence-electron chi connectivity index (χ2n) is 9.81. The number of hydrogen-bond acceptors (Lipinski definition) is 6. The number of fused-ring (bicyclic) bond motifs is 4. The van der Waals surface area contributed by atoms with E-state index in [1.807, 2.05) is 40.5 Å². The molecule has 1 fully saturated rings. The van der Waals surface area contributed by atoms with Gasteiger partial charge in [-0.15, -0.1) is 0 Å². The number of ether oxygens (including phenoxy) is 3. The first-order valence-electron chi connectivity index (χ1n) is 12.6. The van der Waals surface area contributed by atoms with Crippen LogP contribution in [-0.2, 0) is 17.7 Å². The average molecular weight is 503 g/mol. The maximum absolute atomic E-state index is 13.7. The third-order valence-electron chi connectivity index (χ3n) is 7.68. The predicted molar refractivity (Wildman–Crippen MR) is 139 cm³/mol.